The van der Waals surface area contributed by atoms with E-state index in [0.717, 1.165) is 11.0 Å². The number of carboxylic acid groups (broad SMARTS) is 1. The van der Waals surface area contributed by atoms with Gasteiger partial charge >= 0.3 is 0 Å². The van der Waals surface area contributed by atoms with Gasteiger partial charge in [0.1, 0.15) is 12.4 Å². The van der Waals surface area contributed by atoms with Crippen LogP contribution in [-0.4, -0.2) is 22.0 Å². The molecule has 0 radical (unpaired) electrons. The maximum atomic E-state index is 12.7. The molecule has 26 heavy (non-hydrogen) atoms. The lowest BCUT2D eigenvalue weighted by atomic mass is 10.2. The highest BCUT2D eigenvalue weighted by atomic mass is 35.5. The predicted molar refractivity (Wildman–Crippen MR) is 97.6 cm³/mol. The number of ether oxygens (including phenoxy) is 1. The third kappa shape index (κ3) is 2.91. The van der Waals surface area contributed by atoms with Crippen LogP contribution in [0.1, 0.15) is 5.56 Å². The Hall–Kier alpha value is -2.90. The van der Waals surface area contributed by atoms with E-state index in [9.17, 15) is 14.7 Å². The van der Waals surface area contributed by atoms with Crippen LogP contribution in [0.25, 0.3) is 22.1 Å². The zero-order valence-corrected chi connectivity index (χ0v) is 14.7. The van der Waals surface area contributed by atoms with Crippen molar-refractivity contribution >= 4 is 51.0 Å². The van der Waals surface area contributed by atoms with Gasteiger partial charge in [-0.2, -0.15) is 0 Å². The molecule has 130 valence electrons. The predicted octanol–water partition coefficient (Wildman–Crippen LogP) is 1.24. The van der Waals surface area contributed by atoms with Crippen LogP contribution in [0.15, 0.2) is 47.3 Å². The molecule has 0 N–H and O–H groups in total. The van der Waals surface area contributed by atoms with Crippen LogP contribution in [-0.2, 0) is 4.79 Å². The van der Waals surface area contributed by atoms with Gasteiger partial charge in [-0.1, -0.05) is 41.1 Å². The van der Waals surface area contributed by atoms with E-state index in [0.29, 0.717) is 15.1 Å². The first-order chi connectivity index (χ1) is 12.5. The third-order valence-electron chi connectivity index (χ3n) is 3.74. The normalized spacial score (nSPS) is 12.1. The zero-order valence-electron chi connectivity index (χ0n) is 13.1. The number of halogens is 1. The lowest BCUT2D eigenvalue weighted by Crippen LogP contribution is -2.29. The summed E-state index contributed by atoms with van der Waals surface area (Å²) in [7, 11) is 0. The number of hydrogen-bond acceptors (Lipinski definition) is 6. The van der Waals surface area contributed by atoms with E-state index in [2.05, 4.69) is 4.98 Å². The quantitative estimate of drug-likeness (QED) is 0.527. The van der Waals surface area contributed by atoms with Gasteiger partial charge in [-0.15, -0.1) is 0 Å². The number of carbonyl (C=O) groups is 1. The second-order valence-electron chi connectivity index (χ2n) is 5.48. The van der Waals surface area contributed by atoms with Gasteiger partial charge in [-0.3, -0.25) is 4.79 Å². The second-order valence-corrected chi connectivity index (χ2v) is 6.90. The van der Waals surface area contributed by atoms with Crippen molar-refractivity contribution in [1.29, 1.82) is 0 Å². The highest BCUT2D eigenvalue weighted by Crippen LogP contribution is 2.25. The fourth-order valence-corrected chi connectivity index (χ4v) is 3.85. The number of thiazole rings is 1. The number of benzene rings is 2. The number of nitrogens with zero attached hydrogens (tertiary/aromatic N) is 2. The molecule has 0 unspecified atom stereocenters. The van der Waals surface area contributed by atoms with Crippen molar-refractivity contribution in [2.24, 2.45) is 0 Å². The number of para-hydroxylation sites is 2. The van der Waals surface area contributed by atoms with E-state index in [1.165, 1.54) is 11.3 Å². The van der Waals surface area contributed by atoms with Crippen LogP contribution in [0, 0.1) is 0 Å². The molecule has 0 spiro atoms. The minimum absolute atomic E-state index is 0.146. The van der Waals surface area contributed by atoms with Crippen molar-refractivity contribution in [2.75, 3.05) is 6.61 Å². The molecule has 0 aliphatic rings. The number of rotatable bonds is 4. The molecule has 0 aliphatic heterocycles. The molecule has 2 heterocycles. The van der Waals surface area contributed by atoms with Crippen LogP contribution in [0.4, 0.5) is 0 Å². The highest BCUT2D eigenvalue weighted by Gasteiger charge is 2.10. The van der Waals surface area contributed by atoms with Gasteiger partial charge in [0.05, 0.1) is 26.6 Å². The smallest absolute Gasteiger partial charge is 0.274 e. The maximum absolute atomic E-state index is 12.7. The minimum Gasteiger partial charge on any atom is -0.546 e. The number of aliphatic carboxylic acids is 1. The van der Waals surface area contributed by atoms with Crippen LogP contribution >= 0.6 is 22.9 Å². The number of carboxylic acids is 1. The molecule has 4 rings (SSSR count). The molecule has 0 bridgehead atoms. The fraction of sp³-hybridized carbons (Fsp3) is 0.0556. The molecular formula is C18H10ClN2O4S-. The Morgan fingerprint density at radius 3 is 2.88 bits per heavy atom. The standard InChI is InChI=1S/C18H11ClN2O4S/c19-11-7-10(5-6-14(11)25-9-16(22)23)8-15-17(24)21-13-4-2-1-3-12(13)20-18(21)26-15/h1-8H,9H2,(H,22,23)/p-1/b15-8+. The number of carbonyl (C=O) groups excluding carboxylic acids is 1. The molecule has 8 heteroatoms. The van der Waals surface area contributed by atoms with Crippen LogP contribution in [0.5, 0.6) is 5.75 Å². The van der Waals surface area contributed by atoms with E-state index in [1.54, 1.807) is 28.7 Å². The Morgan fingerprint density at radius 2 is 2.12 bits per heavy atom. The van der Waals surface area contributed by atoms with Crippen LogP contribution in [0.2, 0.25) is 5.02 Å². The van der Waals surface area contributed by atoms with Crippen molar-refractivity contribution in [3.05, 3.63) is 67.9 Å². The average molecular weight is 386 g/mol. The monoisotopic (exact) mass is 385 g/mol. The summed E-state index contributed by atoms with van der Waals surface area (Å²) in [4.78, 5) is 28.3. The lowest BCUT2D eigenvalue weighted by molar-refractivity contribution is -0.307. The van der Waals surface area contributed by atoms with Crippen molar-refractivity contribution < 1.29 is 14.6 Å². The lowest BCUT2D eigenvalue weighted by Gasteiger charge is -2.08. The average Bonchev–Trinajstić information content (AvgIpc) is 3.11. The summed E-state index contributed by atoms with van der Waals surface area (Å²) in [6, 6.07) is 12.3. The van der Waals surface area contributed by atoms with Gasteiger partial charge in [0, 0.05) is 0 Å². The highest BCUT2D eigenvalue weighted by molar-refractivity contribution is 7.15. The molecule has 2 aromatic carbocycles. The van der Waals surface area contributed by atoms with Crippen LogP contribution < -0.4 is 19.9 Å². The molecule has 0 saturated carbocycles. The summed E-state index contributed by atoms with van der Waals surface area (Å²) < 4.78 is 7.14. The molecule has 2 aromatic heterocycles. The first-order valence-electron chi connectivity index (χ1n) is 7.57. The maximum Gasteiger partial charge on any atom is 0.274 e. The van der Waals surface area contributed by atoms with Crippen molar-refractivity contribution in [3.8, 4) is 5.75 Å². The summed E-state index contributed by atoms with van der Waals surface area (Å²) in [6.45, 7) is -0.581. The summed E-state index contributed by atoms with van der Waals surface area (Å²) in [5.74, 6) is -1.09. The second kappa shape index (κ2) is 6.44. The SMILES string of the molecule is O=C([O-])COc1ccc(/C=c2/sc3nc4ccccc4n3c2=O)cc1Cl. The summed E-state index contributed by atoms with van der Waals surface area (Å²) >= 11 is 7.40. The molecule has 0 saturated heterocycles. The Labute approximate surface area is 155 Å². The van der Waals surface area contributed by atoms with Crippen molar-refractivity contribution in [1.82, 2.24) is 9.38 Å². The topological polar surface area (TPSA) is 83.7 Å². The molecule has 0 atom stereocenters. The number of aromatic nitrogens is 2. The van der Waals surface area contributed by atoms with E-state index in [4.69, 9.17) is 16.3 Å². The Kier molecular flexibility index (Phi) is 4.10. The zero-order chi connectivity index (χ0) is 18.3. The molecule has 0 aliphatic carbocycles. The Bertz CT molecular complexity index is 1260. The molecule has 4 aromatic rings. The Morgan fingerprint density at radius 1 is 1.31 bits per heavy atom. The van der Waals surface area contributed by atoms with Gasteiger partial charge in [-0.05, 0) is 35.9 Å². The van der Waals surface area contributed by atoms with Crippen molar-refractivity contribution in [3.63, 3.8) is 0 Å². The van der Waals surface area contributed by atoms with Gasteiger partial charge in [0.2, 0.25) is 0 Å². The van der Waals surface area contributed by atoms with E-state index >= 15 is 0 Å². The van der Waals surface area contributed by atoms with Gasteiger partial charge in [0.25, 0.3) is 5.56 Å². The number of hydrogen-bond donors (Lipinski definition) is 0. The van der Waals surface area contributed by atoms with Gasteiger partial charge in [-0.25, -0.2) is 9.38 Å². The summed E-state index contributed by atoms with van der Waals surface area (Å²) in [6.07, 6.45) is 1.71. The first kappa shape index (κ1) is 16.6. The number of imidazole rings is 1. The molecule has 0 amide bonds. The van der Waals surface area contributed by atoms with Crippen LogP contribution in [0.3, 0.4) is 0 Å². The Balaban J connectivity index is 1.76. The van der Waals surface area contributed by atoms with E-state index < -0.39 is 12.6 Å². The van der Waals surface area contributed by atoms with Crippen molar-refractivity contribution in [2.45, 2.75) is 0 Å². The van der Waals surface area contributed by atoms with Gasteiger partial charge in [0.15, 0.2) is 4.96 Å². The minimum atomic E-state index is -1.33. The van der Waals surface area contributed by atoms with Gasteiger partial charge < -0.3 is 14.6 Å². The molecule has 6 nitrogen and oxygen atoms in total. The third-order valence-corrected chi connectivity index (χ3v) is 5.01. The molecular weight excluding hydrogens is 376 g/mol. The van der Waals surface area contributed by atoms with E-state index in [-0.39, 0.29) is 16.3 Å². The number of fused-ring (bicyclic) bond motifs is 3. The largest absolute Gasteiger partial charge is 0.546 e. The summed E-state index contributed by atoms with van der Waals surface area (Å²) in [5.41, 5.74) is 2.10. The molecule has 0 fully saturated rings. The first-order valence-corrected chi connectivity index (χ1v) is 8.76. The summed E-state index contributed by atoms with van der Waals surface area (Å²) in [5, 5.41) is 10.7. The van der Waals surface area contributed by atoms with E-state index in [1.807, 2.05) is 24.3 Å². The fourth-order valence-electron chi connectivity index (χ4n) is 2.62.